The summed E-state index contributed by atoms with van der Waals surface area (Å²) in [5, 5.41) is 11.4. The van der Waals surface area contributed by atoms with Crippen molar-refractivity contribution in [1.82, 2.24) is 15.2 Å². The zero-order valence-corrected chi connectivity index (χ0v) is 10.1. The topological polar surface area (TPSA) is 76.7 Å². The summed E-state index contributed by atoms with van der Waals surface area (Å²) >= 11 is 0. The number of aromatic nitrogens is 3. The van der Waals surface area contributed by atoms with Gasteiger partial charge in [0.05, 0.1) is 5.52 Å². The number of nitrogens with two attached hydrogens (primary N) is 1. The first-order valence-corrected chi connectivity index (χ1v) is 5.68. The van der Waals surface area contributed by atoms with Gasteiger partial charge in [-0.15, -0.1) is 10.2 Å². The number of anilines is 1. The van der Waals surface area contributed by atoms with Gasteiger partial charge in [0, 0.05) is 5.54 Å². The first-order valence-electron chi connectivity index (χ1n) is 5.68. The van der Waals surface area contributed by atoms with E-state index in [0.29, 0.717) is 12.5 Å². The van der Waals surface area contributed by atoms with Gasteiger partial charge in [0.15, 0.2) is 0 Å². The molecule has 0 unspecified atom stereocenters. The Labute approximate surface area is 100 Å². The molecule has 1 aromatic carbocycles. The van der Waals surface area contributed by atoms with E-state index in [4.69, 9.17) is 5.73 Å². The van der Waals surface area contributed by atoms with Crippen LogP contribution >= 0.6 is 0 Å². The lowest BCUT2D eigenvalue weighted by Gasteiger charge is -2.25. The smallest absolute Gasteiger partial charge is 0.243 e. The average Bonchev–Trinajstić information content (AvgIpc) is 2.28. The van der Waals surface area contributed by atoms with Crippen molar-refractivity contribution in [3.63, 3.8) is 0 Å². The van der Waals surface area contributed by atoms with E-state index in [1.54, 1.807) is 0 Å². The van der Waals surface area contributed by atoms with Gasteiger partial charge in [0.2, 0.25) is 5.95 Å². The molecule has 0 spiro atoms. The van der Waals surface area contributed by atoms with Gasteiger partial charge in [-0.25, -0.2) is 4.98 Å². The fraction of sp³-hybridized carbons (Fsp3) is 0.417. The van der Waals surface area contributed by atoms with Crippen LogP contribution in [-0.4, -0.2) is 27.3 Å². The van der Waals surface area contributed by atoms with Gasteiger partial charge in [0.25, 0.3) is 0 Å². The van der Waals surface area contributed by atoms with Gasteiger partial charge >= 0.3 is 0 Å². The molecule has 0 aliphatic rings. The molecule has 2 rings (SSSR count). The summed E-state index contributed by atoms with van der Waals surface area (Å²) in [6.45, 7) is 4.76. The zero-order chi connectivity index (χ0) is 12.3. The molecule has 2 aromatic rings. The second kappa shape index (κ2) is 4.63. The molecule has 0 radical (unpaired) electrons. The standard InChI is InChI=1S/C12H17N5/c1-12(2,7-8-13)15-11-14-9-5-3-4-6-10(9)16-17-11/h3-6H,7-8,13H2,1-2H3,(H,14,15,17). The van der Waals surface area contributed by atoms with Crippen LogP contribution in [0.1, 0.15) is 20.3 Å². The van der Waals surface area contributed by atoms with Crippen molar-refractivity contribution in [3.8, 4) is 0 Å². The van der Waals surface area contributed by atoms with Crippen LogP contribution < -0.4 is 11.1 Å². The monoisotopic (exact) mass is 231 g/mol. The van der Waals surface area contributed by atoms with E-state index in [0.717, 1.165) is 17.5 Å². The highest BCUT2D eigenvalue weighted by atomic mass is 15.3. The molecule has 1 aromatic heterocycles. The first kappa shape index (κ1) is 11.7. The molecular weight excluding hydrogens is 214 g/mol. The number of hydrogen-bond acceptors (Lipinski definition) is 5. The Kier molecular flexibility index (Phi) is 3.19. The highest BCUT2D eigenvalue weighted by Gasteiger charge is 2.17. The van der Waals surface area contributed by atoms with Crippen LogP contribution in [0.25, 0.3) is 11.0 Å². The molecule has 1 heterocycles. The molecular formula is C12H17N5. The molecule has 0 amide bonds. The minimum absolute atomic E-state index is 0.126. The van der Waals surface area contributed by atoms with Crippen LogP contribution in [0.2, 0.25) is 0 Å². The van der Waals surface area contributed by atoms with Gasteiger partial charge < -0.3 is 11.1 Å². The number of benzene rings is 1. The first-order chi connectivity index (χ1) is 8.11. The van der Waals surface area contributed by atoms with E-state index < -0.39 is 0 Å². The van der Waals surface area contributed by atoms with Gasteiger partial charge in [-0.1, -0.05) is 12.1 Å². The van der Waals surface area contributed by atoms with Gasteiger partial charge in [-0.2, -0.15) is 0 Å². The normalized spacial score (nSPS) is 11.7. The van der Waals surface area contributed by atoms with Crippen LogP contribution in [0.3, 0.4) is 0 Å². The maximum atomic E-state index is 5.56. The molecule has 0 aliphatic heterocycles. The van der Waals surface area contributed by atoms with Crippen molar-refractivity contribution in [1.29, 1.82) is 0 Å². The van der Waals surface area contributed by atoms with E-state index in [2.05, 4.69) is 34.3 Å². The molecule has 17 heavy (non-hydrogen) atoms. The van der Waals surface area contributed by atoms with Gasteiger partial charge in [-0.3, -0.25) is 0 Å². The van der Waals surface area contributed by atoms with Crippen LogP contribution in [0.4, 0.5) is 5.95 Å². The third-order valence-corrected chi connectivity index (χ3v) is 2.58. The van der Waals surface area contributed by atoms with Crippen LogP contribution in [0.5, 0.6) is 0 Å². The third-order valence-electron chi connectivity index (χ3n) is 2.58. The number of rotatable bonds is 4. The fourth-order valence-electron chi connectivity index (χ4n) is 1.66. The maximum Gasteiger partial charge on any atom is 0.243 e. The Bertz CT molecular complexity index is 509. The molecule has 90 valence electrons. The summed E-state index contributed by atoms with van der Waals surface area (Å²) in [7, 11) is 0. The lowest BCUT2D eigenvalue weighted by atomic mass is 10.0. The largest absolute Gasteiger partial charge is 0.348 e. The SMILES string of the molecule is CC(C)(CCN)Nc1nnc2ccccc2n1. The average molecular weight is 231 g/mol. The molecule has 0 saturated carbocycles. The van der Waals surface area contributed by atoms with Crippen molar-refractivity contribution in [2.45, 2.75) is 25.8 Å². The molecule has 0 atom stereocenters. The number of nitrogens with one attached hydrogen (secondary N) is 1. The molecule has 5 nitrogen and oxygen atoms in total. The highest BCUT2D eigenvalue weighted by molar-refractivity contribution is 5.74. The van der Waals surface area contributed by atoms with Crippen molar-refractivity contribution in [3.05, 3.63) is 24.3 Å². The van der Waals surface area contributed by atoms with Crippen LogP contribution in [0.15, 0.2) is 24.3 Å². The predicted octanol–water partition coefficient (Wildman–Crippen LogP) is 1.56. The Morgan fingerprint density at radius 3 is 2.59 bits per heavy atom. The summed E-state index contributed by atoms with van der Waals surface area (Å²) in [5.74, 6) is 0.544. The molecule has 0 bridgehead atoms. The summed E-state index contributed by atoms with van der Waals surface area (Å²) in [6.07, 6.45) is 0.850. The van der Waals surface area contributed by atoms with Gasteiger partial charge in [0.1, 0.15) is 5.52 Å². The quantitative estimate of drug-likeness (QED) is 0.835. The molecule has 0 fully saturated rings. The van der Waals surface area contributed by atoms with Crippen molar-refractivity contribution < 1.29 is 0 Å². The minimum Gasteiger partial charge on any atom is -0.348 e. The summed E-state index contributed by atoms with van der Waals surface area (Å²) in [5.41, 5.74) is 7.08. The Morgan fingerprint density at radius 1 is 1.18 bits per heavy atom. The summed E-state index contributed by atoms with van der Waals surface area (Å²) < 4.78 is 0. The van der Waals surface area contributed by atoms with E-state index in [-0.39, 0.29) is 5.54 Å². The molecule has 0 aliphatic carbocycles. The predicted molar refractivity (Wildman–Crippen MR) is 68.7 cm³/mol. The lowest BCUT2D eigenvalue weighted by molar-refractivity contribution is 0.521. The highest BCUT2D eigenvalue weighted by Crippen LogP contribution is 2.15. The van der Waals surface area contributed by atoms with Crippen molar-refractivity contribution in [2.24, 2.45) is 5.73 Å². The van der Waals surface area contributed by atoms with Gasteiger partial charge in [-0.05, 0) is 38.9 Å². The minimum atomic E-state index is -0.126. The Balaban J connectivity index is 2.25. The Morgan fingerprint density at radius 2 is 1.88 bits per heavy atom. The fourth-order valence-corrected chi connectivity index (χ4v) is 1.66. The van der Waals surface area contributed by atoms with Crippen LogP contribution in [-0.2, 0) is 0 Å². The molecule has 0 saturated heterocycles. The van der Waals surface area contributed by atoms with Crippen molar-refractivity contribution in [2.75, 3.05) is 11.9 Å². The second-order valence-electron chi connectivity index (χ2n) is 4.67. The lowest BCUT2D eigenvalue weighted by Crippen LogP contribution is -2.34. The third kappa shape index (κ3) is 2.88. The number of para-hydroxylation sites is 1. The van der Waals surface area contributed by atoms with Crippen molar-refractivity contribution >= 4 is 17.0 Å². The molecule has 3 N–H and O–H groups in total. The van der Waals surface area contributed by atoms with E-state index in [9.17, 15) is 0 Å². The summed E-state index contributed by atoms with van der Waals surface area (Å²) in [6, 6.07) is 7.67. The number of nitrogens with zero attached hydrogens (tertiary/aromatic N) is 3. The number of fused-ring (bicyclic) bond motifs is 1. The van der Waals surface area contributed by atoms with E-state index in [1.807, 2.05) is 24.3 Å². The zero-order valence-electron chi connectivity index (χ0n) is 10.1. The second-order valence-corrected chi connectivity index (χ2v) is 4.67. The molecule has 5 heteroatoms. The summed E-state index contributed by atoms with van der Waals surface area (Å²) in [4.78, 5) is 4.42. The Hall–Kier alpha value is -1.75. The van der Waals surface area contributed by atoms with Crippen LogP contribution in [0, 0.1) is 0 Å². The van der Waals surface area contributed by atoms with E-state index >= 15 is 0 Å². The number of hydrogen-bond donors (Lipinski definition) is 2. The maximum absolute atomic E-state index is 5.56. The van der Waals surface area contributed by atoms with E-state index in [1.165, 1.54) is 0 Å².